The number of nitrogens with zero attached hydrogens (tertiary/aromatic N) is 4. The topological polar surface area (TPSA) is 61.7 Å². The molecule has 1 N–H and O–H groups in total. The minimum Gasteiger partial charge on any atom is -0.496 e. The summed E-state index contributed by atoms with van der Waals surface area (Å²) in [5, 5.41) is 10.4. The van der Waals surface area contributed by atoms with Crippen LogP contribution in [-0.2, 0) is 13.1 Å². The number of aliphatic hydroxyl groups is 1. The molecule has 0 saturated carbocycles. The molecular weight excluding hydrogens is 372 g/mol. The van der Waals surface area contributed by atoms with Gasteiger partial charge >= 0.3 is 0 Å². The van der Waals surface area contributed by atoms with Crippen molar-refractivity contribution in [2.24, 2.45) is 0 Å². The Hall–Kier alpha value is -1.67. The third-order valence-corrected chi connectivity index (χ3v) is 5.84. The van der Waals surface area contributed by atoms with Crippen LogP contribution in [0.15, 0.2) is 35.7 Å². The standard InChI is InChI=1S/C21H30N4O2S/c1-16-10-17(4-5-20(16)27-2)14-25-8-7-24(15-19(25)6-9-26)13-18-11-22-21(28-3)23-12-18/h4-5,10-12,19,26H,6-9,13-15H2,1-3H3. The van der Waals surface area contributed by atoms with Crippen molar-refractivity contribution >= 4 is 11.8 Å². The van der Waals surface area contributed by atoms with Gasteiger partial charge < -0.3 is 9.84 Å². The van der Waals surface area contributed by atoms with Gasteiger partial charge in [0.15, 0.2) is 5.16 Å². The van der Waals surface area contributed by atoms with Crippen molar-refractivity contribution < 1.29 is 9.84 Å². The molecule has 1 atom stereocenters. The van der Waals surface area contributed by atoms with Crippen LogP contribution >= 0.6 is 11.8 Å². The lowest BCUT2D eigenvalue weighted by Gasteiger charge is -2.41. The van der Waals surface area contributed by atoms with E-state index in [2.05, 4.69) is 38.8 Å². The molecule has 6 nitrogen and oxygen atoms in total. The molecule has 1 aliphatic heterocycles. The molecule has 2 heterocycles. The second-order valence-electron chi connectivity index (χ2n) is 7.25. The summed E-state index contributed by atoms with van der Waals surface area (Å²) >= 11 is 1.56. The molecular formula is C21H30N4O2S. The maximum absolute atomic E-state index is 9.56. The van der Waals surface area contributed by atoms with E-state index in [1.807, 2.05) is 24.7 Å². The number of rotatable bonds is 8. The third kappa shape index (κ3) is 5.44. The molecule has 1 unspecified atom stereocenters. The van der Waals surface area contributed by atoms with Gasteiger partial charge in [-0.15, -0.1) is 0 Å². The molecule has 7 heteroatoms. The molecule has 2 aromatic rings. The zero-order valence-electron chi connectivity index (χ0n) is 17.0. The van der Waals surface area contributed by atoms with Gasteiger partial charge in [-0.1, -0.05) is 23.9 Å². The van der Waals surface area contributed by atoms with Gasteiger partial charge in [-0.2, -0.15) is 0 Å². The zero-order chi connectivity index (χ0) is 19.9. The van der Waals surface area contributed by atoms with Gasteiger partial charge in [0, 0.05) is 63.3 Å². The Bertz CT molecular complexity index is 757. The first-order valence-electron chi connectivity index (χ1n) is 9.68. The number of thioether (sulfide) groups is 1. The van der Waals surface area contributed by atoms with Crippen molar-refractivity contribution in [2.75, 3.05) is 39.6 Å². The summed E-state index contributed by atoms with van der Waals surface area (Å²) in [6.07, 6.45) is 6.62. The number of aryl methyl sites for hydroxylation is 1. The fourth-order valence-corrected chi connectivity index (χ4v) is 4.11. The fraction of sp³-hybridized carbons (Fsp3) is 0.524. The van der Waals surface area contributed by atoms with E-state index >= 15 is 0 Å². The number of piperazine rings is 1. The van der Waals surface area contributed by atoms with Crippen molar-refractivity contribution in [3.05, 3.63) is 47.3 Å². The minimum absolute atomic E-state index is 0.210. The zero-order valence-corrected chi connectivity index (χ0v) is 17.8. The highest BCUT2D eigenvalue weighted by Crippen LogP contribution is 2.22. The highest BCUT2D eigenvalue weighted by atomic mass is 32.2. The van der Waals surface area contributed by atoms with Gasteiger partial charge in [-0.05, 0) is 36.8 Å². The summed E-state index contributed by atoms with van der Waals surface area (Å²) in [6, 6.07) is 6.72. The summed E-state index contributed by atoms with van der Waals surface area (Å²) in [4.78, 5) is 13.7. The van der Waals surface area contributed by atoms with Crippen LogP contribution in [0.5, 0.6) is 5.75 Å². The van der Waals surface area contributed by atoms with E-state index in [4.69, 9.17) is 4.74 Å². The number of hydrogen-bond acceptors (Lipinski definition) is 7. The number of hydrogen-bond donors (Lipinski definition) is 1. The van der Waals surface area contributed by atoms with E-state index in [0.717, 1.165) is 61.2 Å². The van der Waals surface area contributed by atoms with Crippen LogP contribution in [0.25, 0.3) is 0 Å². The monoisotopic (exact) mass is 402 g/mol. The van der Waals surface area contributed by atoms with Crippen molar-refractivity contribution in [3.8, 4) is 5.75 Å². The van der Waals surface area contributed by atoms with E-state index in [-0.39, 0.29) is 6.61 Å². The third-order valence-electron chi connectivity index (χ3n) is 5.27. The van der Waals surface area contributed by atoms with Crippen molar-refractivity contribution in [1.82, 2.24) is 19.8 Å². The molecule has 0 amide bonds. The summed E-state index contributed by atoms with van der Waals surface area (Å²) in [5.74, 6) is 0.926. The molecule has 0 radical (unpaired) electrons. The van der Waals surface area contributed by atoms with Crippen LogP contribution in [0.4, 0.5) is 0 Å². The number of methoxy groups -OCH3 is 1. The van der Waals surface area contributed by atoms with E-state index in [9.17, 15) is 5.11 Å². The van der Waals surface area contributed by atoms with Gasteiger partial charge in [-0.25, -0.2) is 9.97 Å². The molecule has 1 aromatic heterocycles. The fourth-order valence-electron chi connectivity index (χ4n) is 3.79. The molecule has 152 valence electrons. The number of ether oxygens (including phenoxy) is 1. The highest BCUT2D eigenvalue weighted by Gasteiger charge is 2.26. The molecule has 1 fully saturated rings. The first-order valence-corrected chi connectivity index (χ1v) is 10.9. The average Bonchev–Trinajstić information content (AvgIpc) is 2.71. The van der Waals surface area contributed by atoms with Crippen LogP contribution in [0.1, 0.15) is 23.1 Å². The quantitative estimate of drug-likeness (QED) is 0.538. The first kappa shape index (κ1) is 21.0. The van der Waals surface area contributed by atoms with Gasteiger partial charge in [0.1, 0.15) is 5.75 Å². The second-order valence-corrected chi connectivity index (χ2v) is 8.03. The van der Waals surface area contributed by atoms with Crippen LogP contribution in [0, 0.1) is 6.92 Å². The molecule has 0 bridgehead atoms. The van der Waals surface area contributed by atoms with Crippen LogP contribution < -0.4 is 4.74 Å². The second kappa shape index (κ2) is 10.2. The summed E-state index contributed by atoms with van der Waals surface area (Å²) < 4.78 is 5.37. The van der Waals surface area contributed by atoms with Gasteiger partial charge in [0.05, 0.1) is 7.11 Å². The van der Waals surface area contributed by atoms with Gasteiger partial charge in [-0.3, -0.25) is 9.80 Å². The van der Waals surface area contributed by atoms with E-state index in [1.165, 1.54) is 5.56 Å². The predicted octanol–water partition coefficient (Wildman–Crippen LogP) is 2.58. The van der Waals surface area contributed by atoms with Crippen LogP contribution in [0.3, 0.4) is 0 Å². The maximum atomic E-state index is 9.56. The van der Waals surface area contributed by atoms with Crippen molar-refractivity contribution in [3.63, 3.8) is 0 Å². The number of aliphatic hydroxyl groups excluding tert-OH is 1. The summed E-state index contributed by atoms with van der Waals surface area (Å²) in [5.41, 5.74) is 3.58. The molecule has 1 aliphatic rings. The average molecular weight is 403 g/mol. The Labute approximate surface area is 171 Å². The Morgan fingerprint density at radius 2 is 1.96 bits per heavy atom. The smallest absolute Gasteiger partial charge is 0.187 e. The molecule has 1 saturated heterocycles. The minimum atomic E-state index is 0.210. The summed E-state index contributed by atoms with van der Waals surface area (Å²) in [6.45, 7) is 6.97. The lowest BCUT2D eigenvalue weighted by atomic mass is 10.0. The molecule has 0 aliphatic carbocycles. The molecule has 3 rings (SSSR count). The molecule has 0 spiro atoms. The predicted molar refractivity (Wildman–Crippen MR) is 113 cm³/mol. The normalized spacial score (nSPS) is 18.4. The first-order chi connectivity index (χ1) is 13.6. The number of aromatic nitrogens is 2. The Morgan fingerprint density at radius 1 is 1.18 bits per heavy atom. The lowest BCUT2D eigenvalue weighted by Crippen LogP contribution is -2.52. The Balaban J connectivity index is 1.62. The van der Waals surface area contributed by atoms with E-state index in [0.29, 0.717) is 6.04 Å². The van der Waals surface area contributed by atoms with E-state index in [1.54, 1.807) is 18.9 Å². The summed E-state index contributed by atoms with van der Waals surface area (Å²) in [7, 11) is 1.71. The van der Waals surface area contributed by atoms with Crippen molar-refractivity contribution in [2.45, 2.75) is 37.6 Å². The van der Waals surface area contributed by atoms with Crippen LogP contribution in [0.2, 0.25) is 0 Å². The van der Waals surface area contributed by atoms with Crippen LogP contribution in [-0.4, -0.2) is 70.5 Å². The SMILES string of the molecule is COc1ccc(CN2CCN(Cc3cnc(SC)nc3)CC2CCO)cc1C. The Kier molecular flexibility index (Phi) is 7.67. The molecule has 28 heavy (non-hydrogen) atoms. The van der Waals surface area contributed by atoms with Gasteiger partial charge in [0.25, 0.3) is 0 Å². The maximum Gasteiger partial charge on any atom is 0.187 e. The van der Waals surface area contributed by atoms with Gasteiger partial charge in [0.2, 0.25) is 0 Å². The molecule has 1 aromatic carbocycles. The van der Waals surface area contributed by atoms with Crippen molar-refractivity contribution in [1.29, 1.82) is 0 Å². The largest absolute Gasteiger partial charge is 0.496 e. The highest BCUT2D eigenvalue weighted by molar-refractivity contribution is 7.98. The number of benzene rings is 1. The Morgan fingerprint density at radius 3 is 2.61 bits per heavy atom. The van der Waals surface area contributed by atoms with E-state index < -0.39 is 0 Å². The lowest BCUT2D eigenvalue weighted by molar-refractivity contribution is 0.0498.